The maximum Gasteiger partial charge on any atom is 0.418 e. The molecule has 0 spiro atoms. The number of halogens is 3. The van der Waals surface area contributed by atoms with Gasteiger partial charge in [0.1, 0.15) is 17.6 Å². The Morgan fingerprint density at radius 3 is 2.67 bits per heavy atom. The Morgan fingerprint density at radius 2 is 1.97 bits per heavy atom. The van der Waals surface area contributed by atoms with Crippen molar-refractivity contribution < 1.29 is 32.6 Å². The Labute approximate surface area is 187 Å². The summed E-state index contributed by atoms with van der Waals surface area (Å²) in [4.78, 5) is 34.4. The molecule has 2 N–H and O–H groups in total. The van der Waals surface area contributed by atoms with Crippen LogP contribution in [0.15, 0.2) is 24.5 Å². The van der Waals surface area contributed by atoms with Crippen molar-refractivity contribution in [1.82, 2.24) is 20.2 Å². The first-order valence-corrected chi connectivity index (χ1v) is 10.6. The van der Waals surface area contributed by atoms with Gasteiger partial charge >= 0.3 is 18.2 Å². The van der Waals surface area contributed by atoms with Crippen LogP contribution in [0.5, 0.6) is 0 Å². The number of carbonyl (C=O) groups is 2. The number of hydrogen-bond donors (Lipinski definition) is 2. The van der Waals surface area contributed by atoms with Gasteiger partial charge in [0.25, 0.3) is 0 Å². The number of fused-ring (bicyclic) bond motifs is 1. The topological polar surface area (TPSA) is 108 Å². The Morgan fingerprint density at radius 1 is 1.24 bits per heavy atom. The number of nitrogens with zero attached hydrogens (tertiary/aromatic N) is 4. The van der Waals surface area contributed by atoms with E-state index >= 15 is 0 Å². The van der Waals surface area contributed by atoms with Crippen molar-refractivity contribution in [2.24, 2.45) is 5.92 Å². The van der Waals surface area contributed by atoms with Crippen LogP contribution in [0.3, 0.4) is 0 Å². The van der Waals surface area contributed by atoms with Crippen molar-refractivity contribution in [3.8, 4) is 0 Å². The minimum absolute atomic E-state index is 0.00957. The molecule has 33 heavy (non-hydrogen) atoms. The number of piperidine rings is 1. The molecule has 2 aliphatic heterocycles. The average Bonchev–Trinajstić information content (AvgIpc) is 3.12. The highest BCUT2D eigenvalue weighted by Crippen LogP contribution is 2.37. The predicted octanol–water partition coefficient (Wildman–Crippen LogP) is 2.36. The molecule has 2 aromatic rings. The molecule has 3 unspecified atom stereocenters. The normalized spacial score (nSPS) is 23.8. The largest absolute Gasteiger partial charge is 0.480 e. The van der Waals surface area contributed by atoms with Crippen LogP contribution in [0, 0.1) is 5.92 Å². The van der Waals surface area contributed by atoms with Crippen molar-refractivity contribution in [2.45, 2.75) is 31.6 Å². The molecule has 0 saturated carbocycles. The quantitative estimate of drug-likeness (QED) is 0.667. The van der Waals surface area contributed by atoms with E-state index in [4.69, 9.17) is 4.74 Å². The van der Waals surface area contributed by atoms with Gasteiger partial charge in [-0.05, 0) is 24.5 Å². The van der Waals surface area contributed by atoms with Crippen LogP contribution in [0.4, 0.5) is 23.7 Å². The second-order valence-corrected chi connectivity index (χ2v) is 8.40. The monoisotopic (exact) mass is 467 g/mol. The van der Waals surface area contributed by atoms with E-state index in [-0.39, 0.29) is 36.1 Å². The molecule has 1 aromatic heterocycles. The van der Waals surface area contributed by atoms with Gasteiger partial charge in [-0.25, -0.2) is 9.59 Å². The zero-order valence-electron chi connectivity index (χ0n) is 17.9. The number of rotatable bonds is 6. The Kier molecular flexibility index (Phi) is 6.28. The van der Waals surface area contributed by atoms with E-state index in [1.54, 1.807) is 0 Å². The van der Waals surface area contributed by atoms with Crippen molar-refractivity contribution in [3.63, 3.8) is 0 Å². The third-order valence-corrected chi connectivity index (χ3v) is 5.96. The summed E-state index contributed by atoms with van der Waals surface area (Å²) in [6, 6.07) is 1.47. The van der Waals surface area contributed by atoms with E-state index in [1.807, 2.05) is 4.90 Å². The zero-order valence-corrected chi connectivity index (χ0v) is 17.9. The van der Waals surface area contributed by atoms with Crippen LogP contribution in [-0.2, 0) is 15.7 Å². The number of carboxylic acid groups (broad SMARTS) is 1. The van der Waals surface area contributed by atoms with Gasteiger partial charge in [-0.3, -0.25) is 14.9 Å². The van der Waals surface area contributed by atoms with Crippen LogP contribution in [0.2, 0.25) is 0 Å². The van der Waals surface area contributed by atoms with E-state index in [0.717, 1.165) is 12.5 Å². The van der Waals surface area contributed by atoms with Gasteiger partial charge in [-0.2, -0.15) is 13.2 Å². The highest BCUT2D eigenvalue weighted by Gasteiger charge is 2.38. The number of aliphatic carboxylic acids is 1. The lowest BCUT2D eigenvalue weighted by Crippen LogP contribution is -2.51. The third-order valence-electron chi connectivity index (χ3n) is 5.96. The SMILES string of the molecule is CC1CC(NCCN2C(=O)OCC2C(=O)O)CN(c2ccc(C(F)(F)F)c3nccnc23)C1. The summed E-state index contributed by atoms with van der Waals surface area (Å²) in [5.74, 6) is -0.873. The molecule has 0 bridgehead atoms. The van der Waals surface area contributed by atoms with Gasteiger partial charge in [0, 0.05) is 44.6 Å². The fourth-order valence-corrected chi connectivity index (χ4v) is 4.51. The summed E-state index contributed by atoms with van der Waals surface area (Å²) < 4.78 is 45.1. The molecular weight excluding hydrogens is 443 g/mol. The Bertz CT molecular complexity index is 1050. The first-order chi connectivity index (χ1) is 15.6. The highest BCUT2D eigenvalue weighted by atomic mass is 19.4. The number of carboxylic acids is 1. The van der Waals surface area contributed by atoms with Crippen LogP contribution in [-0.4, -0.2) is 76.9 Å². The average molecular weight is 467 g/mol. The van der Waals surface area contributed by atoms with Gasteiger partial charge in [-0.15, -0.1) is 0 Å². The van der Waals surface area contributed by atoms with Gasteiger partial charge in [0.2, 0.25) is 0 Å². The number of ether oxygens (including phenoxy) is 1. The number of aromatic nitrogens is 2. The minimum Gasteiger partial charge on any atom is -0.480 e. The van der Waals surface area contributed by atoms with Crippen molar-refractivity contribution >= 4 is 28.8 Å². The molecule has 0 radical (unpaired) electrons. The minimum atomic E-state index is -4.53. The van der Waals surface area contributed by atoms with Gasteiger partial charge < -0.3 is 20.1 Å². The molecule has 178 valence electrons. The summed E-state index contributed by atoms with van der Waals surface area (Å²) in [5, 5.41) is 12.6. The van der Waals surface area contributed by atoms with Crippen LogP contribution in [0.1, 0.15) is 18.9 Å². The fraction of sp³-hybridized carbons (Fsp3) is 0.524. The van der Waals surface area contributed by atoms with E-state index in [0.29, 0.717) is 25.3 Å². The summed E-state index contributed by atoms with van der Waals surface area (Å²) in [5.41, 5.74) is -0.222. The summed E-state index contributed by atoms with van der Waals surface area (Å²) in [6.07, 6.45) is -1.73. The number of benzene rings is 1. The number of hydrogen-bond acceptors (Lipinski definition) is 7. The highest BCUT2D eigenvalue weighted by molar-refractivity contribution is 5.91. The number of carbonyl (C=O) groups excluding carboxylic acids is 1. The van der Waals surface area contributed by atoms with Gasteiger partial charge in [-0.1, -0.05) is 6.92 Å². The van der Waals surface area contributed by atoms with E-state index < -0.39 is 29.8 Å². The molecule has 4 rings (SSSR count). The number of alkyl halides is 3. The molecule has 12 heteroatoms. The number of amides is 1. The Balaban J connectivity index is 1.48. The summed E-state index contributed by atoms with van der Waals surface area (Å²) in [7, 11) is 0. The van der Waals surface area contributed by atoms with Crippen LogP contribution >= 0.6 is 0 Å². The molecule has 3 heterocycles. The molecule has 2 aliphatic rings. The third kappa shape index (κ3) is 4.80. The molecule has 3 atom stereocenters. The van der Waals surface area contributed by atoms with E-state index in [9.17, 15) is 27.9 Å². The standard InChI is InChI=1S/C21H24F3N5O4/c1-12-8-13(25-6-7-29-16(19(30)31)11-33-20(29)32)10-28(9-12)15-3-2-14(21(22,23)24)17-18(15)27-5-4-26-17/h2-5,12-13,16,25H,6-11H2,1H3,(H,30,31). The maximum atomic E-state index is 13.4. The maximum absolute atomic E-state index is 13.4. The summed E-state index contributed by atoms with van der Waals surface area (Å²) in [6.45, 7) is 3.58. The predicted molar refractivity (Wildman–Crippen MR) is 112 cm³/mol. The first kappa shape index (κ1) is 23.0. The fourth-order valence-electron chi connectivity index (χ4n) is 4.51. The number of cyclic esters (lactones) is 1. The van der Waals surface area contributed by atoms with E-state index in [1.165, 1.54) is 23.4 Å². The van der Waals surface area contributed by atoms with Crippen molar-refractivity contribution in [2.75, 3.05) is 37.7 Å². The molecule has 1 amide bonds. The molecule has 2 fully saturated rings. The smallest absolute Gasteiger partial charge is 0.418 e. The van der Waals surface area contributed by atoms with Crippen molar-refractivity contribution in [3.05, 3.63) is 30.1 Å². The lowest BCUT2D eigenvalue weighted by Gasteiger charge is -2.39. The number of nitrogens with one attached hydrogen (secondary N) is 1. The second kappa shape index (κ2) is 9.00. The zero-order chi connectivity index (χ0) is 23.8. The molecule has 1 aromatic carbocycles. The first-order valence-electron chi connectivity index (χ1n) is 10.6. The van der Waals surface area contributed by atoms with Crippen molar-refractivity contribution in [1.29, 1.82) is 0 Å². The molecule has 2 saturated heterocycles. The lowest BCUT2D eigenvalue weighted by atomic mass is 9.95. The van der Waals surface area contributed by atoms with Gasteiger partial charge in [0.05, 0.1) is 11.3 Å². The lowest BCUT2D eigenvalue weighted by molar-refractivity contribution is -0.141. The summed E-state index contributed by atoms with van der Waals surface area (Å²) >= 11 is 0. The molecule has 0 aliphatic carbocycles. The second-order valence-electron chi connectivity index (χ2n) is 8.40. The molecule has 9 nitrogen and oxygen atoms in total. The Hall–Kier alpha value is -3.15. The van der Waals surface area contributed by atoms with Crippen LogP contribution < -0.4 is 10.2 Å². The van der Waals surface area contributed by atoms with Gasteiger partial charge in [0.15, 0.2) is 6.04 Å². The molecular formula is C21H24F3N5O4. The van der Waals surface area contributed by atoms with Crippen LogP contribution in [0.25, 0.3) is 11.0 Å². The van der Waals surface area contributed by atoms with E-state index in [2.05, 4.69) is 22.2 Å². The number of anilines is 1.